The number of aliphatic hydroxyl groups excluding tert-OH is 5. The van der Waals surface area contributed by atoms with Crippen LogP contribution in [0.15, 0.2) is 97.2 Å². The molecule has 7 unspecified atom stereocenters. The van der Waals surface area contributed by atoms with Crippen LogP contribution in [0.1, 0.15) is 155 Å². The molecule has 7 atom stereocenters. The van der Waals surface area contributed by atoms with Crippen molar-refractivity contribution in [2.75, 3.05) is 13.2 Å². The van der Waals surface area contributed by atoms with Crippen LogP contribution in [-0.2, 0) is 14.3 Å². The van der Waals surface area contributed by atoms with Crippen molar-refractivity contribution in [1.29, 1.82) is 0 Å². The van der Waals surface area contributed by atoms with Gasteiger partial charge in [0.2, 0.25) is 5.91 Å². The van der Waals surface area contributed by atoms with Gasteiger partial charge in [0.1, 0.15) is 24.4 Å². The minimum absolute atomic E-state index is 0.203. The van der Waals surface area contributed by atoms with Gasteiger partial charge in [-0.3, -0.25) is 4.79 Å². The average molecular weight is 826 g/mol. The predicted octanol–water partition coefficient (Wildman–Crippen LogP) is 9.72. The minimum atomic E-state index is -1.57. The van der Waals surface area contributed by atoms with Gasteiger partial charge in [-0.15, -0.1) is 0 Å². The third-order valence-corrected chi connectivity index (χ3v) is 10.2. The molecule has 0 aromatic rings. The Labute approximate surface area is 358 Å². The van der Waals surface area contributed by atoms with E-state index in [1.165, 1.54) is 32.1 Å². The van der Waals surface area contributed by atoms with E-state index in [0.717, 1.165) is 103 Å². The zero-order chi connectivity index (χ0) is 43.0. The molecule has 1 fully saturated rings. The average Bonchev–Trinajstić information content (AvgIpc) is 3.23. The van der Waals surface area contributed by atoms with E-state index in [2.05, 4.69) is 104 Å². The lowest BCUT2D eigenvalue weighted by atomic mass is 9.99. The van der Waals surface area contributed by atoms with Gasteiger partial charge in [-0.1, -0.05) is 169 Å². The Morgan fingerprint density at radius 2 is 1.05 bits per heavy atom. The highest BCUT2D eigenvalue weighted by molar-refractivity contribution is 5.76. The Morgan fingerprint density at radius 3 is 1.56 bits per heavy atom. The zero-order valence-corrected chi connectivity index (χ0v) is 36.7. The Bertz CT molecular complexity index is 1240. The molecule has 0 aliphatic carbocycles. The quantitative estimate of drug-likeness (QED) is 0.0270. The number of hydrogen-bond acceptors (Lipinski definition) is 8. The molecule has 9 nitrogen and oxygen atoms in total. The highest BCUT2D eigenvalue weighted by Crippen LogP contribution is 2.22. The molecule has 6 N–H and O–H groups in total. The summed E-state index contributed by atoms with van der Waals surface area (Å²) in [7, 11) is 0. The van der Waals surface area contributed by atoms with Gasteiger partial charge < -0.3 is 40.3 Å². The number of unbranched alkanes of at least 4 members (excludes halogenated alkanes) is 12. The summed E-state index contributed by atoms with van der Waals surface area (Å²) < 4.78 is 11.2. The Morgan fingerprint density at radius 1 is 0.593 bits per heavy atom. The maximum absolute atomic E-state index is 12.9. The normalized spacial score (nSPS) is 21.6. The molecule has 9 heteroatoms. The van der Waals surface area contributed by atoms with Crippen molar-refractivity contribution in [3.63, 3.8) is 0 Å². The molecule has 1 amide bonds. The molecule has 0 bridgehead atoms. The van der Waals surface area contributed by atoms with Crippen LogP contribution >= 0.6 is 0 Å². The monoisotopic (exact) mass is 826 g/mol. The van der Waals surface area contributed by atoms with Gasteiger partial charge in [-0.2, -0.15) is 0 Å². The van der Waals surface area contributed by atoms with Crippen LogP contribution in [0.4, 0.5) is 0 Å². The minimum Gasteiger partial charge on any atom is -0.394 e. The lowest BCUT2D eigenvalue weighted by molar-refractivity contribution is -0.302. The highest BCUT2D eigenvalue weighted by Gasteiger charge is 2.44. The molecular weight excluding hydrogens is 743 g/mol. The van der Waals surface area contributed by atoms with Crippen LogP contribution < -0.4 is 5.32 Å². The van der Waals surface area contributed by atoms with Crippen LogP contribution in [-0.4, -0.2) is 87.5 Å². The van der Waals surface area contributed by atoms with E-state index in [-0.39, 0.29) is 12.5 Å². The van der Waals surface area contributed by atoms with Crippen molar-refractivity contribution in [3.05, 3.63) is 97.2 Å². The summed E-state index contributed by atoms with van der Waals surface area (Å²) in [6, 6.07) is -0.820. The van der Waals surface area contributed by atoms with Gasteiger partial charge in [0.05, 0.1) is 25.4 Å². The van der Waals surface area contributed by atoms with Crippen LogP contribution in [0.2, 0.25) is 0 Å². The fourth-order valence-corrected chi connectivity index (χ4v) is 6.49. The Balaban J connectivity index is 2.29. The van der Waals surface area contributed by atoms with Crippen molar-refractivity contribution >= 4 is 5.91 Å². The molecular formula is C50H83NO8. The van der Waals surface area contributed by atoms with Crippen molar-refractivity contribution in [3.8, 4) is 0 Å². The number of ether oxygens (including phenoxy) is 2. The van der Waals surface area contributed by atoms with Crippen LogP contribution in [0.25, 0.3) is 0 Å². The van der Waals surface area contributed by atoms with Crippen molar-refractivity contribution in [2.45, 2.75) is 198 Å². The molecule has 0 aromatic heterocycles. The third-order valence-electron chi connectivity index (χ3n) is 10.2. The van der Waals surface area contributed by atoms with Crippen LogP contribution in [0.3, 0.4) is 0 Å². The fourth-order valence-electron chi connectivity index (χ4n) is 6.49. The van der Waals surface area contributed by atoms with Crippen LogP contribution in [0, 0.1) is 0 Å². The maximum Gasteiger partial charge on any atom is 0.220 e. The molecule has 0 aromatic carbocycles. The van der Waals surface area contributed by atoms with Gasteiger partial charge in [0.25, 0.3) is 0 Å². The number of nitrogens with one attached hydrogen (secondary N) is 1. The molecule has 1 heterocycles. The summed E-state index contributed by atoms with van der Waals surface area (Å²) in [5.41, 5.74) is 0. The zero-order valence-electron chi connectivity index (χ0n) is 36.7. The Hall–Kier alpha value is -2.89. The molecule has 1 aliphatic heterocycles. The fraction of sp³-hybridized carbons (Fsp3) is 0.660. The molecule has 0 spiro atoms. The molecule has 336 valence electrons. The lowest BCUT2D eigenvalue weighted by Gasteiger charge is -2.40. The first-order valence-corrected chi connectivity index (χ1v) is 23.0. The standard InChI is InChI=1S/C50H83NO8/c1-3-5-7-9-11-13-14-15-16-17-18-19-20-21-22-23-24-25-26-27-28-29-30-32-34-36-38-40-46(54)51-43(44(53)39-37-35-33-31-12-10-8-6-4-2)42-58-50-49(57)48(56)47(55)45(41-52)59-50/h5,7,11,13,15-16,18-19,21-22,24-25,27-28,37,39,43-45,47-50,52-53,55-57H,3-4,6,8-10,12,14,17,20,23,26,29-36,38,40-42H2,1-2H3,(H,51,54)/b7-5-,13-11-,16-15-,19-18-,22-21-,25-24-,28-27-,39-37+. The van der Waals surface area contributed by atoms with E-state index in [1.54, 1.807) is 6.08 Å². The third kappa shape index (κ3) is 29.9. The second-order valence-electron chi connectivity index (χ2n) is 15.5. The van der Waals surface area contributed by atoms with Gasteiger partial charge in [-0.25, -0.2) is 0 Å². The van der Waals surface area contributed by atoms with Gasteiger partial charge >= 0.3 is 0 Å². The number of amides is 1. The number of rotatable bonds is 36. The SMILES string of the molecule is CC/C=C\C/C=C\C/C=C\C/C=C\C/C=C\C/C=C\C/C=C\CCCCCCCC(=O)NC(COC1OC(CO)C(O)C(O)C1O)C(O)/C=C/CCCCCCCCC. The summed E-state index contributed by atoms with van der Waals surface area (Å²) in [5, 5.41) is 54.0. The van der Waals surface area contributed by atoms with E-state index in [9.17, 15) is 30.3 Å². The first kappa shape index (κ1) is 54.1. The lowest BCUT2D eigenvalue weighted by Crippen LogP contribution is -2.60. The van der Waals surface area contributed by atoms with Gasteiger partial charge in [0.15, 0.2) is 6.29 Å². The van der Waals surface area contributed by atoms with E-state index in [4.69, 9.17) is 9.47 Å². The first-order valence-electron chi connectivity index (χ1n) is 23.0. The van der Waals surface area contributed by atoms with E-state index < -0.39 is 49.5 Å². The Kier molecular flexibility index (Phi) is 36.0. The highest BCUT2D eigenvalue weighted by atomic mass is 16.7. The largest absolute Gasteiger partial charge is 0.394 e. The maximum atomic E-state index is 12.9. The van der Waals surface area contributed by atoms with E-state index >= 15 is 0 Å². The van der Waals surface area contributed by atoms with Crippen LogP contribution in [0.5, 0.6) is 0 Å². The molecule has 1 rings (SSSR count). The number of allylic oxidation sites excluding steroid dienone is 15. The smallest absolute Gasteiger partial charge is 0.220 e. The predicted molar refractivity (Wildman–Crippen MR) is 244 cm³/mol. The second-order valence-corrected chi connectivity index (χ2v) is 15.5. The number of hydrogen-bond donors (Lipinski definition) is 6. The van der Waals surface area contributed by atoms with Crippen molar-refractivity contribution in [1.82, 2.24) is 5.32 Å². The second kappa shape index (κ2) is 39.3. The summed E-state index contributed by atoms with van der Waals surface area (Å²) >= 11 is 0. The summed E-state index contributed by atoms with van der Waals surface area (Å²) in [5.74, 6) is -0.204. The number of carbonyl (C=O) groups is 1. The molecule has 0 radical (unpaired) electrons. The number of carbonyl (C=O) groups excluding carboxylic acids is 1. The summed E-state index contributed by atoms with van der Waals surface area (Å²) in [6.07, 6.45) is 48.9. The molecule has 1 saturated heterocycles. The summed E-state index contributed by atoms with van der Waals surface area (Å²) in [6.45, 7) is 3.58. The van der Waals surface area contributed by atoms with Crippen molar-refractivity contribution in [2.24, 2.45) is 0 Å². The summed E-state index contributed by atoms with van der Waals surface area (Å²) in [4.78, 5) is 12.9. The van der Waals surface area contributed by atoms with Gasteiger partial charge in [0, 0.05) is 6.42 Å². The topological polar surface area (TPSA) is 149 Å². The van der Waals surface area contributed by atoms with E-state index in [0.29, 0.717) is 6.42 Å². The van der Waals surface area contributed by atoms with Gasteiger partial charge in [-0.05, 0) is 77.0 Å². The molecule has 1 aliphatic rings. The number of aliphatic hydroxyl groups is 5. The molecule has 0 saturated carbocycles. The van der Waals surface area contributed by atoms with Crippen molar-refractivity contribution < 1.29 is 39.8 Å². The molecule has 59 heavy (non-hydrogen) atoms. The van der Waals surface area contributed by atoms with E-state index in [1.807, 2.05) is 6.08 Å². The first-order chi connectivity index (χ1) is 28.8.